The minimum atomic E-state index is -0.559. The highest BCUT2D eigenvalue weighted by molar-refractivity contribution is 6.30. The topological polar surface area (TPSA) is 88.6 Å². The normalized spacial score (nSPS) is 21.5. The summed E-state index contributed by atoms with van der Waals surface area (Å²) in [6.07, 6.45) is 1.05. The number of hydrogen-bond donors (Lipinski definition) is 1. The van der Waals surface area contributed by atoms with Crippen LogP contribution in [0.4, 0.5) is 5.69 Å². The molecule has 2 aromatic rings. The highest BCUT2D eigenvalue weighted by Crippen LogP contribution is 2.51. The van der Waals surface area contributed by atoms with Crippen LogP contribution in [0.1, 0.15) is 38.2 Å². The summed E-state index contributed by atoms with van der Waals surface area (Å²) in [5.41, 5.74) is 9.73. The lowest BCUT2D eigenvalue weighted by Crippen LogP contribution is -2.42. The van der Waals surface area contributed by atoms with Crippen LogP contribution in [0.5, 0.6) is 11.5 Å². The molecule has 0 saturated carbocycles. The van der Waals surface area contributed by atoms with Gasteiger partial charge in [0.1, 0.15) is 5.82 Å². The van der Waals surface area contributed by atoms with Crippen molar-refractivity contribution in [1.82, 2.24) is 0 Å². The number of carbonyl (C=O) groups is 1. The number of Topliss-reactive ketones (excluding diaryl/α,β-unsaturated/α-hetero) is 1. The number of hydrogen-bond acceptors (Lipinski definition) is 6. The number of carbonyl (C=O) groups excluding carboxylic acids is 1. The average Bonchev–Trinajstić information content (AvgIpc) is 3.21. The molecule has 162 valence electrons. The third-order valence-electron chi connectivity index (χ3n) is 6.20. The summed E-state index contributed by atoms with van der Waals surface area (Å²) >= 11 is 6.10. The molecule has 0 bridgehead atoms. The Balaban J connectivity index is 1.74. The number of fused-ring (bicyclic) bond motifs is 1. The molecule has 0 saturated heterocycles. The Labute approximate surface area is 191 Å². The van der Waals surface area contributed by atoms with Gasteiger partial charge in [-0.1, -0.05) is 31.5 Å². The maximum Gasteiger partial charge on any atom is 0.231 e. The van der Waals surface area contributed by atoms with E-state index in [0.29, 0.717) is 46.3 Å². The lowest BCUT2D eigenvalue weighted by molar-refractivity contribution is -0.118. The van der Waals surface area contributed by atoms with Gasteiger partial charge in [-0.15, -0.1) is 0 Å². The van der Waals surface area contributed by atoms with Crippen LogP contribution in [0.3, 0.4) is 0 Å². The van der Waals surface area contributed by atoms with Crippen molar-refractivity contribution in [3.8, 4) is 17.6 Å². The van der Waals surface area contributed by atoms with Crippen molar-refractivity contribution in [2.45, 2.75) is 32.6 Å². The second kappa shape index (κ2) is 7.32. The molecule has 0 spiro atoms. The molecule has 32 heavy (non-hydrogen) atoms. The molecule has 0 amide bonds. The van der Waals surface area contributed by atoms with Crippen molar-refractivity contribution in [2.24, 2.45) is 11.1 Å². The van der Waals surface area contributed by atoms with E-state index in [1.165, 1.54) is 0 Å². The predicted molar refractivity (Wildman–Crippen MR) is 121 cm³/mol. The molecular weight excluding hydrogens is 426 g/mol. The number of benzene rings is 2. The predicted octanol–water partition coefficient (Wildman–Crippen LogP) is 5.01. The third-order valence-corrected chi connectivity index (χ3v) is 6.45. The summed E-state index contributed by atoms with van der Waals surface area (Å²) in [5.74, 6) is 1.04. The number of ether oxygens (including phenoxy) is 2. The minimum Gasteiger partial charge on any atom is -0.454 e. The number of ketones is 1. The second-order valence-corrected chi connectivity index (χ2v) is 9.51. The lowest BCUT2D eigenvalue weighted by Gasteiger charge is -2.43. The van der Waals surface area contributed by atoms with E-state index in [9.17, 15) is 10.1 Å². The van der Waals surface area contributed by atoms with Crippen LogP contribution < -0.4 is 20.1 Å². The van der Waals surface area contributed by atoms with E-state index in [4.69, 9.17) is 26.8 Å². The van der Waals surface area contributed by atoms with Crippen LogP contribution in [-0.4, -0.2) is 12.6 Å². The summed E-state index contributed by atoms with van der Waals surface area (Å²) in [5, 5.41) is 10.7. The van der Waals surface area contributed by atoms with Gasteiger partial charge in [0.05, 0.1) is 17.6 Å². The number of halogens is 1. The fourth-order valence-corrected chi connectivity index (χ4v) is 4.95. The molecule has 2 aromatic carbocycles. The van der Waals surface area contributed by atoms with Crippen molar-refractivity contribution >= 4 is 23.1 Å². The molecule has 0 fully saturated rings. The third kappa shape index (κ3) is 3.21. The Hall–Kier alpha value is -3.43. The van der Waals surface area contributed by atoms with Crippen LogP contribution in [0.25, 0.3) is 0 Å². The van der Waals surface area contributed by atoms with Gasteiger partial charge in [-0.2, -0.15) is 5.26 Å². The first-order valence-electron chi connectivity index (χ1n) is 10.4. The van der Waals surface area contributed by atoms with Gasteiger partial charge in [0.2, 0.25) is 6.79 Å². The van der Waals surface area contributed by atoms with Gasteiger partial charge < -0.3 is 15.2 Å². The largest absolute Gasteiger partial charge is 0.454 e. The smallest absolute Gasteiger partial charge is 0.231 e. The summed E-state index contributed by atoms with van der Waals surface area (Å²) in [6, 6.07) is 15.1. The molecule has 5 rings (SSSR count). The lowest BCUT2D eigenvalue weighted by atomic mass is 9.68. The van der Waals surface area contributed by atoms with Crippen LogP contribution in [0.2, 0.25) is 5.02 Å². The zero-order chi connectivity index (χ0) is 22.6. The van der Waals surface area contributed by atoms with E-state index in [-0.39, 0.29) is 18.0 Å². The fraction of sp³-hybridized carbons (Fsp3) is 0.280. The van der Waals surface area contributed by atoms with E-state index < -0.39 is 5.92 Å². The first kappa shape index (κ1) is 20.5. The van der Waals surface area contributed by atoms with Gasteiger partial charge in [-0.3, -0.25) is 9.69 Å². The Morgan fingerprint density at radius 2 is 1.84 bits per heavy atom. The second-order valence-electron chi connectivity index (χ2n) is 9.07. The molecule has 1 unspecified atom stereocenters. The number of anilines is 1. The van der Waals surface area contributed by atoms with Gasteiger partial charge >= 0.3 is 0 Å². The standard InChI is InChI=1S/C25H22ClN3O3/c1-25(2)10-18-23(19(30)11-25)22(14-3-8-20-21(9-14)32-13-31-20)17(12-27)24(28)29(18)16-6-4-15(26)5-7-16/h3-9,22H,10-11,13,28H2,1-2H3. The summed E-state index contributed by atoms with van der Waals surface area (Å²) < 4.78 is 11.0. The first-order chi connectivity index (χ1) is 15.3. The highest BCUT2D eigenvalue weighted by Gasteiger charge is 2.44. The molecule has 1 aliphatic carbocycles. The van der Waals surface area contributed by atoms with Crippen LogP contribution in [-0.2, 0) is 4.79 Å². The fourth-order valence-electron chi connectivity index (χ4n) is 4.82. The molecule has 1 atom stereocenters. The number of rotatable bonds is 2. The highest BCUT2D eigenvalue weighted by atomic mass is 35.5. The van der Waals surface area contributed by atoms with Crippen molar-refractivity contribution in [3.05, 3.63) is 75.7 Å². The van der Waals surface area contributed by atoms with E-state index in [0.717, 1.165) is 16.9 Å². The Morgan fingerprint density at radius 3 is 2.56 bits per heavy atom. The summed E-state index contributed by atoms with van der Waals surface area (Å²) in [4.78, 5) is 15.4. The van der Waals surface area contributed by atoms with E-state index in [1.807, 2.05) is 35.2 Å². The molecule has 2 aliphatic heterocycles. The molecule has 0 aromatic heterocycles. The molecule has 6 nitrogen and oxygen atoms in total. The zero-order valence-corrected chi connectivity index (χ0v) is 18.6. The van der Waals surface area contributed by atoms with E-state index in [1.54, 1.807) is 12.1 Å². The van der Waals surface area contributed by atoms with E-state index >= 15 is 0 Å². The van der Waals surface area contributed by atoms with Crippen molar-refractivity contribution < 1.29 is 14.3 Å². The quantitative estimate of drug-likeness (QED) is 0.696. The molecule has 2 N–H and O–H groups in total. The molecule has 3 aliphatic rings. The SMILES string of the molecule is CC1(C)CC(=O)C2=C(C1)N(c1ccc(Cl)cc1)C(N)=C(C#N)C2c1ccc2c(c1)OCO2. The Bertz CT molecular complexity index is 1240. The molecule has 2 heterocycles. The average molecular weight is 448 g/mol. The minimum absolute atomic E-state index is 0.0260. The van der Waals surface area contributed by atoms with Gasteiger partial charge in [-0.25, -0.2) is 0 Å². The van der Waals surface area contributed by atoms with Gasteiger partial charge in [0.15, 0.2) is 17.3 Å². The number of nitrogens with two attached hydrogens (primary N) is 1. The Morgan fingerprint density at radius 1 is 1.12 bits per heavy atom. The van der Waals surface area contributed by atoms with Gasteiger partial charge in [-0.05, 0) is 53.8 Å². The maximum atomic E-state index is 13.5. The molecule has 7 heteroatoms. The van der Waals surface area contributed by atoms with Crippen LogP contribution in [0.15, 0.2) is 65.1 Å². The number of allylic oxidation sites excluding steroid dienone is 3. The molecular formula is C25H22ClN3O3. The zero-order valence-electron chi connectivity index (χ0n) is 17.8. The van der Waals surface area contributed by atoms with Gasteiger partial charge in [0, 0.05) is 28.4 Å². The summed E-state index contributed by atoms with van der Waals surface area (Å²) in [7, 11) is 0. The van der Waals surface area contributed by atoms with Crippen molar-refractivity contribution in [2.75, 3.05) is 11.7 Å². The van der Waals surface area contributed by atoms with Crippen LogP contribution in [0, 0.1) is 16.7 Å². The van der Waals surface area contributed by atoms with Crippen molar-refractivity contribution in [3.63, 3.8) is 0 Å². The van der Waals surface area contributed by atoms with Gasteiger partial charge in [0.25, 0.3) is 0 Å². The number of nitriles is 1. The monoisotopic (exact) mass is 447 g/mol. The first-order valence-corrected chi connectivity index (χ1v) is 10.8. The molecule has 0 radical (unpaired) electrons. The Kier molecular flexibility index (Phi) is 4.68. The van der Waals surface area contributed by atoms with Crippen LogP contribution >= 0.6 is 11.6 Å². The number of nitrogens with zero attached hydrogens (tertiary/aromatic N) is 2. The van der Waals surface area contributed by atoms with E-state index in [2.05, 4.69) is 19.9 Å². The summed E-state index contributed by atoms with van der Waals surface area (Å²) in [6.45, 7) is 4.30. The van der Waals surface area contributed by atoms with Crippen molar-refractivity contribution in [1.29, 1.82) is 5.26 Å². The maximum absolute atomic E-state index is 13.5.